The van der Waals surface area contributed by atoms with E-state index in [2.05, 4.69) is 24.1 Å². The second-order valence-electron chi connectivity index (χ2n) is 10.0. The first-order valence-corrected chi connectivity index (χ1v) is 14.4. The lowest BCUT2D eigenvalue weighted by Gasteiger charge is -2.18. The molecular weight excluding hydrogens is 482 g/mol. The molecule has 212 valence electrons. The topological polar surface area (TPSA) is 124 Å². The predicted octanol–water partition coefficient (Wildman–Crippen LogP) is 5.33. The third kappa shape index (κ3) is 12.1. The van der Waals surface area contributed by atoms with Gasteiger partial charge >= 0.3 is 11.9 Å². The SMILES string of the molecule is CCCCCCCOC(=O)[C@H](N)CCC(=O)N[C@H](Cc1cc2ccccc2[nH]1)C(=O)OCCCCCCC. The van der Waals surface area contributed by atoms with Crippen molar-refractivity contribution < 1.29 is 23.9 Å². The van der Waals surface area contributed by atoms with E-state index in [1.54, 1.807) is 0 Å². The van der Waals surface area contributed by atoms with Gasteiger partial charge in [0.2, 0.25) is 5.91 Å². The number of rotatable bonds is 20. The maximum atomic E-state index is 12.9. The molecule has 0 fully saturated rings. The smallest absolute Gasteiger partial charge is 0.329 e. The fourth-order valence-electron chi connectivity index (χ4n) is 4.29. The van der Waals surface area contributed by atoms with Gasteiger partial charge in [-0.3, -0.25) is 9.59 Å². The van der Waals surface area contributed by atoms with Crippen LogP contribution in [0.25, 0.3) is 10.9 Å². The average molecular weight is 530 g/mol. The largest absolute Gasteiger partial charge is 0.465 e. The number of aromatic nitrogens is 1. The van der Waals surface area contributed by atoms with E-state index in [1.165, 1.54) is 12.8 Å². The highest BCUT2D eigenvalue weighted by molar-refractivity contribution is 5.86. The zero-order valence-electron chi connectivity index (χ0n) is 23.3. The summed E-state index contributed by atoms with van der Waals surface area (Å²) in [5.74, 6) is -1.31. The fourth-order valence-corrected chi connectivity index (χ4v) is 4.29. The molecule has 0 spiro atoms. The maximum absolute atomic E-state index is 12.9. The Labute approximate surface area is 227 Å². The number of nitrogens with two attached hydrogens (primary N) is 1. The summed E-state index contributed by atoms with van der Waals surface area (Å²) >= 11 is 0. The van der Waals surface area contributed by atoms with Crippen molar-refractivity contribution in [3.05, 3.63) is 36.0 Å². The van der Waals surface area contributed by atoms with Gasteiger partial charge in [0.25, 0.3) is 0 Å². The lowest BCUT2D eigenvalue weighted by molar-refractivity contribution is -0.148. The zero-order valence-corrected chi connectivity index (χ0v) is 23.3. The maximum Gasteiger partial charge on any atom is 0.329 e. The number of nitrogens with one attached hydrogen (secondary N) is 2. The van der Waals surface area contributed by atoms with Crippen LogP contribution in [0.15, 0.2) is 30.3 Å². The summed E-state index contributed by atoms with van der Waals surface area (Å²) in [5.41, 5.74) is 7.74. The number of hydrogen-bond donors (Lipinski definition) is 3. The molecule has 1 aromatic carbocycles. The van der Waals surface area contributed by atoms with Crippen LogP contribution in [0.5, 0.6) is 0 Å². The second-order valence-corrected chi connectivity index (χ2v) is 10.0. The lowest BCUT2D eigenvalue weighted by atomic mass is 10.1. The lowest BCUT2D eigenvalue weighted by Crippen LogP contribution is -2.44. The Hall–Kier alpha value is -2.87. The van der Waals surface area contributed by atoms with Crippen molar-refractivity contribution in [2.24, 2.45) is 5.73 Å². The fraction of sp³-hybridized carbons (Fsp3) is 0.633. The van der Waals surface area contributed by atoms with E-state index in [9.17, 15) is 14.4 Å². The Balaban J connectivity index is 1.85. The molecule has 2 aromatic rings. The van der Waals surface area contributed by atoms with Gasteiger partial charge in [-0.2, -0.15) is 0 Å². The second kappa shape index (κ2) is 18.4. The number of fused-ring (bicyclic) bond motifs is 1. The van der Waals surface area contributed by atoms with E-state index in [1.807, 2.05) is 30.3 Å². The molecule has 1 heterocycles. The number of para-hydroxylation sites is 1. The highest BCUT2D eigenvalue weighted by Gasteiger charge is 2.25. The van der Waals surface area contributed by atoms with Crippen LogP contribution >= 0.6 is 0 Å². The van der Waals surface area contributed by atoms with Gasteiger partial charge in [-0.15, -0.1) is 0 Å². The van der Waals surface area contributed by atoms with Crippen LogP contribution in [-0.4, -0.2) is 48.1 Å². The number of ether oxygens (including phenoxy) is 2. The molecule has 0 radical (unpaired) electrons. The molecule has 0 unspecified atom stereocenters. The zero-order chi connectivity index (χ0) is 27.6. The number of unbranched alkanes of at least 4 members (excludes halogenated alkanes) is 8. The van der Waals surface area contributed by atoms with Gasteiger partial charge in [-0.25, -0.2) is 4.79 Å². The van der Waals surface area contributed by atoms with E-state index in [0.29, 0.717) is 13.2 Å². The molecule has 4 N–H and O–H groups in total. The highest BCUT2D eigenvalue weighted by Crippen LogP contribution is 2.16. The van der Waals surface area contributed by atoms with Crippen LogP contribution in [0.2, 0.25) is 0 Å². The van der Waals surface area contributed by atoms with Gasteiger partial charge in [0.1, 0.15) is 12.1 Å². The Bertz CT molecular complexity index is 941. The van der Waals surface area contributed by atoms with Gasteiger partial charge in [0.05, 0.1) is 13.2 Å². The number of benzene rings is 1. The third-order valence-electron chi connectivity index (χ3n) is 6.60. The van der Waals surface area contributed by atoms with Crippen LogP contribution in [0, 0.1) is 0 Å². The molecule has 2 rings (SSSR count). The van der Waals surface area contributed by atoms with Gasteiger partial charge in [0.15, 0.2) is 0 Å². The number of amides is 1. The molecule has 38 heavy (non-hydrogen) atoms. The number of H-pyrrole nitrogens is 1. The first-order valence-electron chi connectivity index (χ1n) is 14.4. The van der Waals surface area contributed by atoms with Gasteiger partial charge < -0.3 is 25.5 Å². The van der Waals surface area contributed by atoms with Crippen LogP contribution in [0.4, 0.5) is 0 Å². The minimum atomic E-state index is -0.876. The van der Waals surface area contributed by atoms with Crippen LogP contribution in [0.1, 0.15) is 96.6 Å². The number of aromatic amines is 1. The van der Waals surface area contributed by atoms with Crippen LogP contribution < -0.4 is 11.1 Å². The van der Waals surface area contributed by atoms with Crippen LogP contribution in [0.3, 0.4) is 0 Å². The summed E-state index contributed by atoms with van der Waals surface area (Å²) in [7, 11) is 0. The summed E-state index contributed by atoms with van der Waals surface area (Å²) in [6, 6.07) is 8.11. The van der Waals surface area contributed by atoms with Crippen molar-refractivity contribution in [2.45, 2.75) is 109 Å². The molecule has 0 aliphatic heterocycles. The molecule has 8 heteroatoms. The summed E-state index contributed by atoms with van der Waals surface area (Å²) in [4.78, 5) is 41.1. The van der Waals surface area contributed by atoms with Gasteiger partial charge in [0, 0.05) is 24.1 Å². The quantitative estimate of drug-likeness (QED) is 0.157. The van der Waals surface area contributed by atoms with Crippen molar-refractivity contribution in [1.82, 2.24) is 10.3 Å². The van der Waals surface area contributed by atoms with Crippen molar-refractivity contribution in [3.8, 4) is 0 Å². The number of hydrogen-bond acceptors (Lipinski definition) is 6. The standard InChI is InChI=1S/C30H47N3O5/c1-3-5-7-9-13-19-37-29(35)25(31)17-18-28(34)33-27(30(36)38-20-14-10-8-6-4-2)22-24-21-23-15-11-12-16-26(23)32-24/h11-12,15-16,21,25,27,32H,3-10,13-14,17-20,22,31H2,1-2H3,(H,33,34)/t25-,27-/m1/s1. The average Bonchev–Trinajstić information content (AvgIpc) is 3.33. The Morgan fingerprint density at radius 1 is 0.868 bits per heavy atom. The van der Waals surface area contributed by atoms with E-state index in [0.717, 1.165) is 68.0 Å². The van der Waals surface area contributed by atoms with Gasteiger partial charge in [-0.1, -0.05) is 83.4 Å². The Morgan fingerprint density at radius 3 is 2.11 bits per heavy atom. The molecule has 1 amide bonds. The molecule has 0 bridgehead atoms. The van der Waals surface area contributed by atoms with Crippen molar-refractivity contribution in [2.75, 3.05) is 13.2 Å². The van der Waals surface area contributed by atoms with E-state index in [-0.39, 0.29) is 25.2 Å². The Kier molecular flexibility index (Phi) is 15.2. The van der Waals surface area contributed by atoms with E-state index in [4.69, 9.17) is 15.2 Å². The summed E-state index contributed by atoms with van der Waals surface area (Å²) in [6.07, 6.45) is 11.0. The van der Waals surface area contributed by atoms with Crippen LogP contribution in [-0.2, 0) is 30.3 Å². The molecule has 2 atom stereocenters. The Morgan fingerprint density at radius 2 is 1.47 bits per heavy atom. The van der Waals surface area contributed by atoms with E-state index < -0.39 is 24.0 Å². The van der Waals surface area contributed by atoms with Crippen molar-refractivity contribution in [1.29, 1.82) is 0 Å². The summed E-state index contributed by atoms with van der Waals surface area (Å²) in [5, 5.41) is 3.83. The molecule has 0 aliphatic carbocycles. The number of carbonyl (C=O) groups is 3. The molecular formula is C30H47N3O5. The molecule has 8 nitrogen and oxygen atoms in total. The van der Waals surface area contributed by atoms with Gasteiger partial charge in [-0.05, 0) is 36.8 Å². The minimum Gasteiger partial charge on any atom is -0.465 e. The molecule has 0 saturated heterocycles. The summed E-state index contributed by atoms with van der Waals surface area (Å²) < 4.78 is 10.8. The normalized spacial score (nSPS) is 12.7. The molecule has 0 saturated carbocycles. The minimum absolute atomic E-state index is 0.0142. The van der Waals surface area contributed by atoms with E-state index >= 15 is 0 Å². The van der Waals surface area contributed by atoms with Crippen molar-refractivity contribution in [3.63, 3.8) is 0 Å². The molecule has 1 aromatic heterocycles. The molecule has 0 aliphatic rings. The number of carbonyl (C=O) groups excluding carboxylic acids is 3. The monoisotopic (exact) mass is 529 g/mol. The number of esters is 2. The highest BCUT2D eigenvalue weighted by atomic mass is 16.5. The third-order valence-corrected chi connectivity index (χ3v) is 6.60. The first kappa shape index (κ1) is 31.3. The first-order chi connectivity index (χ1) is 18.4. The summed E-state index contributed by atoms with van der Waals surface area (Å²) in [6.45, 7) is 4.98. The van der Waals surface area contributed by atoms with Crippen molar-refractivity contribution >= 4 is 28.7 Å². The predicted molar refractivity (Wildman–Crippen MR) is 151 cm³/mol.